The molecule has 8 nitrogen and oxygen atoms in total. The van der Waals surface area contributed by atoms with Gasteiger partial charge < -0.3 is 15.2 Å². The van der Waals surface area contributed by atoms with Crippen molar-refractivity contribution in [2.24, 2.45) is 0 Å². The van der Waals surface area contributed by atoms with Crippen molar-refractivity contribution in [3.8, 4) is 0 Å². The van der Waals surface area contributed by atoms with Gasteiger partial charge in [-0.3, -0.25) is 19.5 Å². The van der Waals surface area contributed by atoms with E-state index in [0.29, 0.717) is 24.2 Å². The summed E-state index contributed by atoms with van der Waals surface area (Å²) in [6.45, 7) is 4.66. The lowest BCUT2D eigenvalue weighted by atomic mass is 10.1. The van der Waals surface area contributed by atoms with Crippen LogP contribution in [0.1, 0.15) is 35.0 Å². The highest BCUT2D eigenvalue weighted by Gasteiger charge is 2.48. The Balaban J connectivity index is 1.27. The second-order valence-electron chi connectivity index (χ2n) is 8.27. The lowest BCUT2D eigenvalue weighted by Crippen LogP contribution is -2.46. The summed E-state index contributed by atoms with van der Waals surface area (Å²) in [4.78, 5) is 40.6. The summed E-state index contributed by atoms with van der Waals surface area (Å²) in [6.07, 6.45) is 5.54. The minimum atomic E-state index is -0.170. The van der Waals surface area contributed by atoms with Crippen molar-refractivity contribution in [2.45, 2.75) is 38.4 Å². The fourth-order valence-electron chi connectivity index (χ4n) is 4.55. The second-order valence-corrected chi connectivity index (χ2v) is 8.27. The summed E-state index contributed by atoms with van der Waals surface area (Å²) < 4.78 is 0. The number of rotatable bonds is 5. The van der Waals surface area contributed by atoms with E-state index in [1.54, 1.807) is 19.3 Å². The molecule has 160 valence electrons. The fraction of sp³-hybridized carbons (Fsp3) is 0.391. The summed E-state index contributed by atoms with van der Waals surface area (Å²) in [7, 11) is 1.61. The summed E-state index contributed by atoms with van der Waals surface area (Å²) in [5.74, 6) is -0.170. The summed E-state index contributed by atoms with van der Waals surface area (Å²) in [5.41, 5.74) is 4.99. The van der Waals surface area contributed by atoms with Crippen molar-refractivity contribution in [1.82, 2.24) is 25.2 Å². The molecule has 0 spiro atoms. The Kier molecular flexibility index (Phi) is 4.94. The molecule has 0 aromatic carbocycles. The molecule has 5 rings (SSSR count). The Morgan fingerprint density at radius 3 is 2.81 bits per heavy atom. The third-order valence-electron chi connectivity index (χ3n) is 6.35. The first-order valence-electron chi connectivity index (χ1n) is 10.8. The number of carbonyl (C=O) groups is 1. The fourth-order valence-corrected chi connectivity index (χ4v) is 4.55. The van der Waals surface area contributed by atoms with E-state index < -0.39 is 0 Å². The highest BCUT2D eigenvalue weighted by atomic mass is 16.1. The van der Waals surface area contributed by atoms with Crippen LogP contribution in [0.3, 0.4) is 0 Å². The standard InChI is InChI=1S/C23H26N6O2/c1-3-15-9-18-19(27-22(15)30)8-14(11-25-18)13-28-6-7-29(21-10-20(21)28)16-4-5-17(26-12-16)23(31)24-2/h4-5,8-9,11-12,20-21H,3,6-7,10,13H2,1-2H3,(H,24,31)(H,27,30)/t20-,21+/m1/s1. The number of hydrogen-bond donors (Lipinski definition) is 2. The number of nitrogens with zero attached hydrogens (tertiary/aromatic N) is 4. The molecule has 2 N–H and O–H groups in total. The maximum Gasteiger partial charge on any atom is 0.269 e. The summed E-state index contributed by atoms with van der Waals surface area (Å²) >= 11 is 0. The van der Waals surface area contributed by atoms with Crippen molar-refractivity contribution < 1.29 is 4.79 Å². The molecule has 2 atom stereocenters. The molecule has 31 heavy (non-hydrogen) atoms. The maximum absolute atomic E-state index is 12.1. The van der Waals surface area contributed by atoms with E-state index in [2.05, 4.69) is 30.1 Å². The molecule has 2 aliphatic rings. The van der Waals surface area contributed by atoms with Crippen LogP contribution in [-0.4, -0.2) is 58.0 Å². The van der Waals surface area contributed by atoms with Gasteiger partial charge in [0.15, 0.2) is 0 Å². The van der Waals surface area contributed by atoms with Gasteiger partial charge in [0.05, 0.1) is 22.9 Å². The van der Waals surface area contributed by atoms with Crippen LogP contribution < -0.4 is 15.8 Å². The Morgan fingerprint density at radius 1 is 1.19 bits per heavy atom. The molecule has 1 saturated heterocycles. The lowest BCUT2D eigenvalue weighted by molar-refractivity contribution is 0.0958. The number of carbonyl (C=O) groups excluding carboxylic acids is 1. The zero-order valence-corrected chi connectivity index (χ0v) is 17.8. The van der Waals surface area contributed by atoms with Crippen LogP contribution in [0.4, 0.5) is 5.69 Å². The molecule has 0 radical (unpaired) electrons. The molecule has 4 heterocycles. The first kappa shape index (κ1) is 19.7. The van der Waals surface area contributed by atoms with Gasteiger partial charge in [0, 0.05) is 50.5 Å². The van der Waals surface area contributed by atoms with E-state index in [0.717, 1.165) is 53.9 Å². The van der Waals surface area contributed by atoms with Crippen LogP contribution in [0.2, 0.25) is 0 Å². The largest absolute Gasteiger partial charge is 0.364 e. The second kappa shape index (κ2) is 7.77. The van der Waals surface area contributed by atoms with Crippen LogP contribution >= 0.6 is 0 Å². The molecule has 1 aliphatic carbocycles. The van der Waals surface area contributed by atoms with Crippen LogP contribution in [0, 0.1) is 0 Å². The van der Waals surface area contributed by atoms with Crippen molar-refractivity contribution in [2.75, 3.05) is 25.0 Å². The summed E-state index contributed by atoms with van der Waals surface area (Å²) in [5, 5.41) is 2.60. The molecule has 3 aromatic rings. The first-order valence-corrected chi connectivity index (χ1v) is 10.8. The monoisotopic (exact) mass is 418 g/mol. The van der Waals surface area contributed by atoms with Crippen LogP contribution in [0.5, 0.6) is 0 Å². The number of fused-ring (bicyclic) bond motifs is 2. The molecule has 1 saturated carbocycles. The average Bonchev–Trinajstić information content (AvgIpc) is 3.60. The number of H-pyrrole nitrogens is 1. The predicted molar refractivity (Wildman–Crippen MR) is 119 cm³/mol. The topological polar surface area (TPSA) is 94.2 Å². The predicted octanol–water partition coefficient (Wildman–Crippen LogP) is 1.70. The van der Waals surface area contributed by atoms with Gasteiger partial charge in [-0.2, -0.15) is 0 Å². The number of hydrogen-bond acceptors (Lipinski definition) is 6. The van der Waals surface area contributed by atoms with E-state index in [9.17, 15) is 9.59 Å². The molecule has 3 aromatic heterocycles. The highest BCUT2D eigenvalue weighted by Crippen LogP contribution is 2.40. The van der Waals surface area contributed by atoms with Gasteiger partial charge in [0.25, 0.3) is 11.5 Å². The Morgan fingerprint density at radius 2 is 2.06 bits per heavy atom. The number of pyridine rings is 3. The van der Waals surface area contributed by atoms with Gasteiger partial charge in [0.2, 0.25) is 0 Å². The smallest absolute Gasteiger partial charge is 0.269 e. The quantitative estimate of drug-likeness (QED) is 0.655. The lowest BCUT2D eigenvalue weighted by Gasteiger charge is -2.35. The Labute approximate surface area is 180 Å². The Hall–Kier alpha value is -3.26. The Bertz CT molecular complexity index is 1190. The van der Waals surface area contributed by atoms with E-state index in [1.807, 2.05) is 31.3 Å². The molecule has 8 heteroatoms. The van der Waals surface area contributed by atoms with E-state index >= 15 is 0 Å². The van der Waals surface area contributed by atoms with Gasteiger partial charge in [-0.15, -0.1) is 0 Å². The third kappa shape index (κ3) is 3.67. The van der Waals surface area contributed by atoms with Crippen LogP contribution in [-0.2, 0) is 13.0 Å². The van der Waals surface area contributed by atoms with Crippen LogP contribution in [0.25, 0.3) is 11.0 Å². The maximum atomic E-state index is 12.1. The first-order chi connectivity index (χ1) is 15.1. The van der Waals surface area contributed by atoms with Crippen LogP contribution in [0.15, 0.2) is 41.5 Å². The minimum Gasteiger partial charge on any atom is -0.364 e. The van der Waals surface area contributed by atoms with Gasteiger partial charge >= 0.3 is 0 Å². The van der Waals surface area contributed by atoms with E-state index in [1.165, 1.54) is 0 Å². The number of piperazine rings is 1. The average molecular weight is 419 g/mol. The van der Waals surface area contributed by atoms with E-state index in [4.69, 9.17) is 0 Å². The normalized spacial score (nSPS) is 20.5. The minimum absolute atomic E-state index is 0.0270. The van der Waals surface area contributed by atoms with Crippen molar-refractivity contribution in [3.05, 3.63) is 63.8 Å². The molecular weight excluding hydrogens is 392 g/mol. The number of anilines is 1. The molecule has 0 unspecified atom stereocenters. The van der Waals surface area contributed by atoms with Gasteiger partial charge in [-0.05, 0) is 42.7 Å². The number of amides is 1. The van der Waals surface area contributed by atoms with Crippen molar-refractivity contribution >= 4 is 22.6 Å². The molecule has 1 aliphatic heterocycles. The molecular formula is C23H26N6O2. The zero-order chi connectivity index (χ0) is 21.5. The highest BCUT2D eigenvalue weighted by molar-refractivity contribution is 5.92. The molecule has 1 amide bonds. The van der Waals surface area contributed by atoms with Crippen molar-refractivity contribution in [1.29, 1.82) is 0 Å². The molecule has 2 fully saturated rings. The van der Waals surface area contributed by atoms with Gasteiger partial charge in [0.1, 0.15) is 5.69 Å². The number of nitrogens with one attached hydrogen (secondary N) is 2. The van der Waals surface area contributed by atoms with Crippen molar-refractivity contribution in [3.63, 3.8) is 0 Å². The number of aromatic amines is 1. The number of aromatic nitrogens is 3. The van der Waals surface area contributed by atoms with Gasteiger partial charge in [-0.1, -0.05) is 6.92 Å². The molecule has 0 bridgehead atoms. The SMILES string of the molecule is CCc1cc2ncc(CN3CCN(c4ccc(C(=O)NC)nc4)[C@H]4C[C@H]43)cc2[nH]c1=O. The third-order valence-corrected chi connectivity index (χ3v) is 6.35. The zero-order valence-electron chi connectivity index (χ0n) is 17.8. The summed E-state index contributed by atoms with van der Waals surface area (Å²) in [6, 6.07) is 8.68. The number of aryl methyl sites for hydroxylation is 1. The van der Waals surface area contributed by atoms with E-state index in [-0.39, 0.29) is 11.5 Å². The van der Waals surface area contributed by atoms with Gasteiger partial charge in [-0.25, -0.2) is 4.98 Å².